The molecular weight excluding hydrogens is 254 g/mol. The molecule has 0 atom stereocenters. The fourth-order valence-corrected chi connectivity index (χ4v) is 1.92. The molecule has 0 aliphatic carbocycles. The van der Waals surface area contributed by atoms with Crippen molar-refractivity contribution in [3.05, 3.63) is 36.4 Å². The van der Waals surface area contributed by atoms with Gasteiger partial charge in [0.2, 0.25) is 5.88 Å². The van der Waals surface area contributed by atoms with E-state index in [-0.39, 0.29) is 6.10 Å². The van der Waals surface area contributed by atoms with Gasteiger partial charge in [-0.05, 0) is 38.1 Å². The molecule has 0 aliphatic rings. The molecular formula is C14H15N5O. The number of para-hydroxylation sites is 1. The summed E-state index contributed by atoms with van der Waals surface area (Å²) in [6.07, 6.45) is 0.00698. The predicted molar refractivity (Wildman–Crippen MR) is 76.8 cm³/mol. The Morgan fingerprint density at radius 1 is 1.15 bits per heavy atom. The number of hydrogen-bond donors (Lipinski definition) is 1. The van der Waals surface area contributed by atoms with Gasteiger partial charge >= 0.3 is 0 Å². The van der Waals surface area contributed by atoms with Crippen molar-refractivity contribution in [2.75, 3.05) is 5.73 Å². The number of nitrogens with two attached hydrogens (primary N) is 1. The highest BCUT2D eigenvalue weighted by molar-refractivity contribution is 5.75. The Labute approximate surface area is 116 Å². The number of nitrogens with zero attached hydrogens (tertiary/aromatic N) is 4. The van der Waals surface area contributed by atoms with Crippen LogP contribution >= 0.6 is 0 Å². The molecule has 2 N–H and O–H groups in total. The Balaban J connectivity index is 2.10. The van der Waals surface area contributed by atoms with Crippen molar-refractivity contribution in [2.45, 2.75) is 20.0 Å². The van der Waals surface area contributed by atoms with Crippen LogP contribution < -0.4 is 10.5 Å². The van der Waals surface area contributed by atoms with Gasteiger partial charge in [0.1, 0.15) is 5.52 Å². The lowest BCUT2D eigenvalue weighted by Crippen LogP contribution is -2.10. The SMILES string of the molecule is CC(C)Oc1nc(-n2nnc3ccccc32)ccc1N. The number of pyridine rings is 1. The van der Waals surface area contributed by atoms with E-state index < -0.39 is 0 Å². The number of benzene rings is 1. The molecule has 2 aromatic heterocycles. The van der Waals surface area contributed by atoms with Gasteiger partial charge in [-0.15, -0.1) is 5.10 Å². The standard InChI is InChI=1S/C14H15N5O/c1-9(2)20-14-10(15)7-8-13(16-14)19-12-6-4-3-5-11(12)17-18-19/h3-9H,15H2,1-2H3. The molecule has 0 amide bonds. The summed E-state index contributed by atoms with van der Waals surface area (Å²) in [5.74, 6) is 1.04. The van der Waals surface area contributed by atoms with Crippen molar-refractivity contribution < 1.29 is 4.74 Å². The summed E-state index contributed by atoms with van der Waals surface area (Å²) < 4.78 is 7.27. The van der Waals surface area contributed by atoms with Crippen molar-refractivity contribution in [3.63, 3.8) is 0 Å². The zero-order chi connectivity index (χ0) is 14.1. The number of nitrogen functional groups attached to an aromatic ring is 1. The minimum atomic E-state index is 0.00698. The first-order valence-corrected chi connectivity index (χ1v) is 6.39. The first kappa shape index (κ1) is 12.4. The van der Waals surface area contributed by atoms with Gasteiger partial charge in [-0.2, -0.15) is 9.67 Å². The summed E-state index contributed by atoms with van der Waals surface area (Å²) >= 11 is 0. The molecule has 0 fully saturated rings. The number of aromatic nitrogens is 4. The molecule has 0 aliphatic heterocycles. The Morgan fingerprint density at radius 2 is 1.95 bits per heavy atom. The summed E-state index contributed by atoms with van der Waals surface area (Å²) in [6, 6.07) is 11.3. The lowest BCUT2D eigenvalue weighted by Gasteiger charge is -2.12. The quantitative estimate of drug-likeness (QED) is 0.788. The van der Waals surface area contributed by atoms with Crippen LogP contribution in [0, 0.1) is 0 Å². The van der Waals surface area contributed by atoms with Crippen LogP contribution in [0.3, 0.4) is 0 Å². The van der Waals surface area contributed by atoms with E-state index >= 15 is 0 Å². The molecule has 0 unspecified atom stereocenters. The van der Waals surface area contributed by atoms with Crippen LogP contribution in [0.25, 0.3) is 16.9 Å². The lowest BCUT2D eigenvalue weighted by atomic mass is 10.3. The second-order valence-corrected chi connectivity index (χ2v) is 4.72. The highest BCUT2D eigenvalue weighted by Crippen LogP contribution is 2.23. The van der Waals surface area contributed by atoms with E-state index in [0.29, 0.717) is 17.4 Å². The van der Waals surface area contributed by atoms with E-state index in [1.807, 2.05) is 38.1 Å². The van der Waals surface area contributed by atoms with Crippen LogP contribution in [0.5, 0.6) is 5.88 Å². The van der Waals surface area contributed by atoms with Gasteiger partial charge in [0.05, 0.1) is 17.3 Å². The summed E-state index contributed by atoms with van der Waals surface area (Å²) in [6.45, 7) is 3.86. The van der Waals surface area contributed by atoms with Crippen LogP contribution in [-0.4, -0.2) is 26.1 Å². The largest absolute Gasteiger partial charge is 0.473 e. The molecule has 6 nitrogen and oxygen atoms in total. The Bertz CT molecular complexity index is 750. The highest BCUT2D eigenvalue weighted by Gasteiger charge is 2.11. The number of fused-ring (bicyclic) bond motifs is 1. The van der Waals surface area contributed by atoms with Crippen LogP contribution in [0.4, 0.5) is 5.69 Å². The highest BCUT2D eigenvalue weighted by atomic mass is 16.5. The van der Waals surface area contributed by atoms with E-state index in [2.05, 4.69) is 15.3 Å². The number of ether oxygens (including phenoxy) is 1. The average molecular weight is 269 g/mol. The molecule has 102 valence electrons. The molecule has 20 heavy (non-hydrogen) atoms. The van der Waals surface area contributed by atoms with Crippen LogP contribution in [0.1, 0.15) is 13.8 Å². The van der Waals surface area contributed by atoms with Crippen LogP contribution in [-0.2, 0) is 0 Å². The molecule has 0 spiro atoms. The van der Waals surface area contributed by atoms with Gasteiger partial charge in [-0.1, -0.05) is 17.3 Å². The second kappa shape index (κ2) is 4.80. The molecule has 6 heteroatoms. The third-order valence-corrected chi connectivity index (χ3v) is 2.79. The molecule has 1 aromatic carbocycles. The summed E-state index contributed by atoms with van der Waals surface area (Å²) in [5, 5.41) is 8.23. The van der Waals surface area contributed by atoms with E-state index in [9.17, 15) is 0 Å². The Hall–Kier alpha value is -2.63. The van der Waals surface area contributed by atoms with Gasteiger partial charge in [0, 0.05) is 0 Å². The van der Waals surface area contributed by atoms with Crippen molar-refractivity contribution in [1.29, 1.82) is 0 Å². The number of hydrogen-bond acceptors (Lipinski definition) is 5. The fourth-order valence-electron chi connectivity index (χ4n) is 1.92. The van der Waals surface area contributed by atoms with Gasteiger partial charge in [0.15, 0.2) is 5.82 Å². The fraction of sp³-hybridized carbons (Fsp3) is 0.214. The molecule has 0 saturated heterocycles. The molecule has 3 aromatic rings. The Kier molecular flexibility index (Phi) is 2.98. The summed E-state index contributed by atoms with van der Waals surface area (Å²) in [7, 11) is 0. The van der Waals surface area contributed by atoms with Crippen molar-refractivity contribution in [1.82, 2.24) is 20.0 Å². The predicted octanol–water partition coefficient (Wildman–Crippen LogP) is 2.18. The van der Waals surface area contributed by atoms with Gasteiger partial charge in [-0.25, -0.2) is 0 Å². The van der Waals surface area contributed by atoms with Crippen molar-refractivity contribution in [3.8, 4) is 11.7 Å². The number of anilines is 1. The van der Waals surface area contributed by atoms with Gasteiger partial charge in [-0.3, -0.25) is 0 Å². The van der Waals surface area contributed by atoms with Crippen molar-refractivity contribution in [2.24, 2.45) is 0 Å². The van der Waals surface area contributed by atoms with Crippen LogP contribution in [0.15, 0.2) is 36.4 Å². The summed E-state index contributed by atoms with van der Waals surface area (Å²) in [5.41, 5.74) is 8.08. The van der Waals surface area contributed by atoms with E-state index in [1.54, 1.807) is 16.8 Å². The van der Waals surface area contributed by atoms with Gasteiger partial charge < -0.3 is 10.5 Å². The van der Waals surface area contributed by atoms with Crippen LogP contribution in [0.2, 0.25) is 0 Å². The topological polar surface area (TPSA) is 78.8 Å². The molecule has 0 saturated carbocycles. The monoisotopic (exact) mass is 269 g/mol. The van der Waals surface area contributed by atoms with Crippen molar-refractivity contribution >= 4 is 16.7 Å². The Morgan fingerprint density at radius 3 is 2.75 bits per heavy atom. The molecule has 2 heterocycles. The van der Waals surface area contributed by atoms with E-state index in [0.717, 1.165) is 11.0 Å². The maximum Gasteiger partial charge on any atom is 0.239 e. The zero-order valence-corrected chi connectivity index (χ0v) is 11.3. The lowest BCUT2D eigenvalue weighted by molar-refractivity contribution is 0.234. The molecule has 0 bridgehead atoms. The average Bonchev–Trinajstić information content (AvgIpc) is 2.85. The van der Waals surface area contributed by atoms with E-state index in [4.69, 9.17) is 10.5 Å². The first-order chi connectivity index (χ1) is 9.65. The molecule has 0 radical (unpaired) electrons. The zero-order valence-electron chi connectivity index (χ0n) is 11.3. The number of rotatable bonds is 3. The minimum Gasteiger partial charge on any atom is -0.473 e. The first-order valence-electron chi connectivity index (χ1n) is 6.39. The minimum absolute atomic E-state index is 0.00698. The maximum absolute atomic E-state index is 5.87. The normalized spacial score (nSPS) is 11.2. The summed E-state index contributed by atoms with van der Waals surface area (Å²) in [4.78, 5) is 4.42. The third kappa shape index (κ3) is 2.16. The smallest absolute Gasteiger partial charge is 0.239 e. The second-order valence-electron chi connectivity index (χ2n) is 4.72. The van der Waals surface area contributed by atoms with E-state index in [1.165, 1.54) is 0 Å². The van der Waals surface area contributed by atoms with Gasteiger partial charge in [0.25, 0.3) is 0 Å². The maximum atomic E-state index is 5.87. The third-order valence-electron chi connectivity index (χ3n) is 2.79. The molecule has 3 rings (SSSR count).